The Kier molecular flexibility index (Phi) is 7.52. The topological polar surface area (TPSA) is 72.8 Å². The summed E-state index contributed by atoms with van der Waals surface area (Å²) in [6.07, 6.45) is -2.81. The molecule has 2 saturated heterocycles. The number of hydrogen-bond acceptors (Lipinski definition) is 8. The average molecular weight is 534 g/mol. The van der Waals surface area contributed by atoms with Gasteiger partial charge in [0.15, 0.2) is 17.1 Å². The van der Waals surface area contributed by atoms with E-state index >= 15 is 0 Å². The van der Waals surface area contributed by atoms with Gasteiger partial charge in [0.25, 0.3) is 0 Å². The van der Waals surface area contributed by atoms with E-state index in [1.807, 2.05) is 13.8 Å². The Morgan fingerprint density at radius 1 is 1.19 bits per heavy atom. The minimum Gasteiger partial charge on any atom is -0.490 e. The summed E-state index contributed by atoms with van der Waals surface area (Å²) in [4.78, 5) is 22.4. The van der Waals surface area contributed by atoms with Gasteiger partial charge in [-0.05, 0) is 51.3 Å². The van der Waals surface area contributed by atoms with Crippen molar-refractivity contribution in [3.63, 3.8) is 0 Å². The van der Waals surface area contributed by atoms with Crippen molar-refractivity contribution < 1.29 is 37.0 Å². The highest BCUT2D eigenvalue weighted by atomic mass is 35.5. The summed E-state index contributed by atoms with van der Waals surface area (Å²) < 4.78 is 52.9. The van der Waals surface area contributed by atoms with Crippen molar-refractivity contribution in [2.45, 2.75) is 58.5 Å². The number of ether oxygens (including phenoxy) is 3. The van der Waals surface area contributed by atoms with E-state index in [1.54, 1.807) is 6.92 Å². The number of carbonyl (C=O) groups is 1. The van der Waals surface area contributed by atoms with Crippen LogP contribution in [0, 0.1) is 5.41 Å². The second-order valence-electron chi connectivity index (χ2n) is 9.76. The van der Waals surface area contributed by atoms with Gasteiger partial charge >= 0.3 is 12.3 Å². The molecule has 0 bridgehead atoms. The van der Waals surface area contributed by atoms with Crippen LogP contribution in [0.1, 0.15) is 45.6 Å². The van der Waals surface area contributed by atoms with Crippen LogP contribution in [-0.2, 0) is 20.9 Å². The molecule has 0 amide bonds. The largest absolute Gasteiger partial charge is 0.573 e. The fraction of sp³-hybridized carbons (Fsp3) is 0.667. The quantitative estimate of drug-likeness (QED) is 0.475. The standard InChI is InChI=1S/C24H31ClF3N3O5/c1-4-33-18-11-16(10-17(25)20(18)35-24(26,27)28)13-30-14-23(15-30)12-19(29-36-23)31-8-6-22(3,7-9-31)21(32)34-5-2/h10-11H,4-9,12-15H2,1-3H3. The van der Waals surface area contributed by atoms with Crippen LogP contribution in [0.2, 0.25) is 5.02 Å². The van der Waals surface area contributed by atoms with Gasteiger partial charge in [0, 0.05) is 32.7 Å². The first-order valence-corrected chi connectivity index (χ1v) is 12.4. The lowest BCUT2D eigenvalue weighted by Gasteiger charge is -2.45. The summed E-state index contributed by atoms with van der Waals surface area (Å²) in [7, 11) is 0. The third kappa shape index (κ3) is 5.77. The number of esters is 1. The number of halogens is 4. The van der Waals surface area contributed by atoms with Gasteiger partial charge in [-0.25, -0.2) is 0 Å². The molecule has 0 unspecified atom stereocenters. The number of oxime groups is 1. The number of hydrogen-bond donors (Lipinski definition) is 0. The van der Waals surface area contributed by atoms with Crippen LogP contribution in [0.25, 0.3) is 0 Å². The van der Waals surface area contributed by atoms with Crippen molar-refractivity contribution >= 4 is 23.4 Å². The lowest BCUT2D eigenvalue weighted by Crippen LogP contribution is -2.61. The SMILES string of the molecule is CCOC(=O)C1(C)CCN(C2=NOC3(C2)CN(Cc2cc(Cl)c(OC(F)(F)F)c(OCC)c2)C3)CC1. The lowest BCUT2D eigenvalue weighted by atomic mass is 9.80. The van der Waals surface area contributed by atoms with Crippen LogP contribution < -0.4 is 9.47 Å². The first-order valence-electron chi connectivity index (χ1n) is 12.1. The van der Waals surface area contributed by atoms with Crippen molar-refractivity contribution in [2.24, 2.45) is 10.6 Å². The molecule has 36 heavy (non-hydrogen) atoms. The fourth-order valence-electron chi connectivity index (χ4n) is 4.94. The third-order valence-corrected chi connectivity index (χ3v) is 7.12. The number of piperidine rings is 1. The van der Waals surface area contributed by atoms with Crippen LogP contribution >= 0.6 is 11.6 Å². The Morgan fingerprint density at radius 3 is 2.50 bits per heavy atom. The van der Waals surface area contributed by atoms with E-state index in [0.29, 0.717) is 64.2 Å². The maximum Gasteiger partial charge on any atom is 0.573 e. The predicted octanol–water partition coefficient (Wildman–Crippen LogP) is 4.59. The zero-order chi connectivity index (χ0) is 26.1. The van der Waals surface area contributed by atoms with E-state index in [9.17, 15) is 18.0 Å². The predicted molar refractivity (Wildman–Crippen MR) is 126 cm³/mol. The summed E-state index contributed by atoms with van der Waals surface area (Å²) in [5, 5.41) is 4.18. The number of carbonyl (C=O) groups excluding carboxylic acids is 1. The van der Waals surface area contributed by atoms with Crippen LogP contribution in [0.4, 0.5) is 13.2 Å². The average Bonchev–Trinajstić information content (AvgIpc) is 3.22. The van der Waals surface area contributed by atoms with E-state index < -0.39 is 23.1 Å². The first-order chi connectivity index (χ1) is 17.0. The van der Waals surface area contributed by atoms with Crippen LogP contribution in [-0.4, -0.2) is 73.0 Å². The van der Waals surface area contributed by atoms with E-state index in [4.69, 9.17) is 25.9 Å². The molecule has 8 nitrogen and oxygen atoms in total. The Morgan fingerprint density at radius 2 is 1.89 bits per heavy atom. The van der Waals surface area contributed by atoms with Gasteiger partial charge in [0.2, 0.25) is 0 Å². The number of nitrogens with zero attached hydrogens (tertiary/aromatic N) is 3. The first kappa shape index (κ1) is 26.7. The van der Waals surface area contributed by atoms with Crippen molar-refractivity contribution in [1.29, 1.82) is 0 Å². The molecule has 1 aromatic carbocycles. The molecular formula is C24H31ClF3N3O5. The normalized spacial score (nSPS) is 21.0. The Bertz CT molecular complexity index is 1010. The third-order valence-electron chi connectivity index (χ3n) is 6.84. The summed E-state index contributed by atoms with van der Waals surface area (Å²) in [5.41, 5.74) is -0.177. The van der Waals surface area contributed by atoms with E-state index in [0.717, 1.165) is 5.84 Å². The highest BCUT2D eigenvalue weighted by Gasteiger charge is 2.51. The molecular weight excluding hydrogens is 503 g/mol. The zero-order valence-corrected chi connectivity index (χ0v) is 21.4. The monoisotopic (exact) mass is 533 g/mol. The fourth-order valence-corrected chi connectivity index (χ4v) is 5.21. The Hall–Kier alpha value is -2.40. The van der Waals surface area contributed by atoms with Crippen LogP contribution in [0.5, 0.6) is 11.5 Å². The van der Waals surface area contributed by atoms with Crippen molar-refractivity contribution in [3.05, 3.63) is 22.7 Å². The van der Waals surface area contributed by atoms with E-state index in [2.05, 4.69) is 19.7 Å². The minimum absolute atomic E-state index is 0.0461. The smallest absolute Gasteiger partial charge is 0.490 e. The molecule has 1 aromatic rings. The molecule has 0 atom stereocenters. The molecule has 0 aliphatic carbocycles. The van der Waals surface area contributed by atoms with Gasteiger partial charge < -0.3 is 23.9 Å². The van der Waals surface area contributed by atoms with Gasteiger partial charge in [-0.15, -0.1) is 13.2 Å². The lowest BCUT2D eigenvalue weighted by molar-refractivity contribution is -0.275. The molecule has 200 valence electrons. The second-order valence-corrected chi connectivity index (χ2v) is 10.2. The number of rotatable bonds is 7. The Balaban J connectivity index is 1.31. The van der Waals surface area contributed by atoms with Crippen molar-refractivity contribution in [1.82, 2.24) is 9.80 Å². The molecule has 4 rings (SSSR count). The van der Waals surface area contributed by atoms with Crippen LogP contribution in [0.3, 0.4) is 0 Å². The highest BCUT2D eigenvalue weighted by molar-refractivity contribution is 6.32. The summed E-state index contributed by atoms with van der Waals surface area (Å²) in [5.74, 6) is 0.157. The zero-order valence-electron chi connectivity index (χ0n) is 20.6. The van der Waals surface area contributed by atoms with Gasteiger partial charge in [-0.1, -0.05) is 16.8 Å². The summed E-state index contributed by atoms with van der Waals surface area (Å²) in [6, 6.07) is 2.98. The van der Waals surface area contributed by atoms with Crippen molar-refractivity contribution in [3.8, 4) is 11.5 Å². The molecule has 2 fully saturated rings. The van der Waals surface area contributed by atoms with Gasteiger partial charge in [0.1, 0.15) is 5.84 Å². The van der Waals surface area contributed by atoms with Gasteiger partial charge in [-0.2, -0.15) is 0 Å². The molecule has 0 radical (unpaired) electrons. The molecule has 3 aliphatic rings. The van der Waals surface area contributed by atoms with E-state index in [-0.39, 0.29) is 23.3 Å². The number of likely N-dealkylation sites (tertiary alicyclic amines) is 2. The molecule has 1 spiro atoms. The minimum atomic E-state index is -4.87. The number of amidine groups is 1. The molecule has 12 heteroatoms. The number of alkyl halides is 3. The second kappa shape index (κ2) is 10.2. The summed E-state index contributed by atoms with van der Waals surface area (Å²) >= 11 is 6.10. The Labute approximate surface area is 213 Å². The maximum atomic E-state index is 12.8. The van der Waals surface area contributed by atoms with Crippen molar-refractivity contribution in [2.75, 3.05) is 39.4 Å². The molecule has 3 aliphatic heterocycles. The van der Waals surface area contributed by atoms with E-state index in [1.165, 1.54) is 12.1 Å². The molecule has 0 aromatic heterocycles. The van der Waals surface area contributed by atoms with Crippen LogP contribution in [0.15, 0.2) is 17.3 Å². The number of benzene rings is 1. The summed E-state index contributed by atoms with van der Waals surface area (Å²) in [6.45, 7) is 9.11. The molecule has 0 saturated carbocycles. The van der Waals surface area contributed by atoms with Gasteiger partial charge in [-0.3, -0.25) is 9.69 Å². The van der Waals surface area contributed by atoms with Gasteiger partial charge in [0.05, 0.1) is 30.1 Å². The highest BCUT2D eigenvalue weighted by Crippen LogP contribution is 2.42. The maximum absolute atomic E-state index is 12.8. The molecule has 3 heterocycles. The molecule has 0 N–H and O–H groups in total.